The third-order valence-electron chi connectivity index (χ3n) is 7.29. The highest BCUT2D eigenvalue weighted by Gasteiger charge is 2.36. The Morgan fingerprint density at radius 3 is 2.24 bits per heavy atom. The quantitative estimate of drug-likeness (QED) is 0.440. The summed E-state index contributed by atoms with van der Waals surface area (Å²) in [5, 5.41) is 0.763. The van der Waals surface area contributed by atoms with Crippen LogP contribution >= 0.6 is 0 Å². The molecule has 1 N–H and O–H groups in total. The van der Waals surface area contributed by atoms with Gasteiger partial charge in [-0.1, -0.05) is 30.8 Å². The summed E-state index contributed by atoms with van der Waals surface area (Å²) in [5.41, 5.74) is 0.268. The van der Waals surface area contributed by atoms with Crippen LogP contribution in [-0.4, -0.2) is 77.4 Å². The van der Waals surface area contributed by atoms with E-state index in [1.165, 1.54) is 28.6 Å². The molecule has 0 aliphatic carbocycles. The zero-order chi connectivity index (χ0) is 29.8. The number of hydrogen-bond acceptors (Lipinski definition) is 6. The van der Waals surface area contributed by atoms with Crippen molar-refractivity contribution in [3.05, 3.63) is 77.2 Å². The molecule has 0 aromatic heterocycles. The van der Waals surface area contributed by atoms with Crippen molar-refractivity contribution in [1.29, 1.82) is 0 Å². The number of hydrogen-bond donors (Lipinski definition) is 1. The van der Waals surface area contributed by atoms with Crippen LogP contribution in [0, 0.1) is 0 Å². The number of amides is 1. The molecule has 2 aliphatic heterocycles. The standard InChI is InChI=1S/C27H32F3N3O6S2/c1-2-40(35,36)31-19-23-4-3-13-33(23)41(37,38)24-11-7-21(8-12-24)25(26(34)32-14-16-39-17-15-32)18-20-5-9-22(10-6-20)27(28,29)30/h2,5-12,23,25,31H,1,3-4,13-19H2/t23-,25?/m1/s1. The minimum absolute atomic E-state index is 0.00757. The van der Waals surface area contributed by atoms with Gasteiger partial charge in [-0.25, -0.2) is 21.6 Å². The largest absolute Gasteiger partial charge is 0.416 e. The number of sulfonamides is 2. The van der Waals surface area contributed by atoms with E-state index in [0.29, 0.717) is 50.3 Å². The van der Waals surface area contributed by atoms with Crippen LogP contribution in [0.2, 0.25) is 0 Å². The van der Waals surface area contributed by atoms with Gasteiger partial charge < -0.3 is 9.64 Å². The molecule has 9 nitrogen and oxygen atoms in total. The fourth-order valence-electron chi connectivity index (χ4n) is 5.03. The third-order valence-corrected chi connectivity index (χ3v) is 10.3. The smallest absolute Gasteiger partial charge is 0.378 e. The van der Waals surface area contributed by atoms with E-state index in [-0.39, 0.29) is 30.3 Å². The molecule has 2 aromatic rings. The van der Waals surface area contributed by atoms with Gasteiger partial charge in [0.2, 0.25) is 26.0 Å². The Morgan fingerprint density at radius 2 is 1.66 bits per heavy atom. The molecule has 4 rings (SSSR count). The number of rotatable bonds is 10. The first-order valence-electron chi connectivity index (χ1n) is 13.1. The van der Waals surface area contributed by atoms with Crippen LogP contribution in [0.5, 0.6) is 0 Å². The summed E-state index contributed by atoms with van der Waals surface area (Å²) in [6.07, 6.45) is -3.30. The van der Waals surface area contributed by atoms with Crippen LogP contribution in [-0.2, 0) is 42.2 Å². The van der Waals surface area contributed by atoms with E-state index in [2.05, 4.69) is 11.3 Å². The first-order valence-corrected chi connectivity index (χ1v) is 16.1. The van der Waals surface area contributed by atoms with Gasteiger partial charge in [-0.2, -0.15) is 17.5 Å². The van der Waals surface area contributed by atoms with Crippen molar-refractivity contribution in [3.63, 3.8) is 0 Å². The van der Waals surface area contributed by atoms with Crippen LogP contribution in [0.4, 0.5) is 13.2 Å². The Bertz CT molecular complexity index is 1440. The SMILES string of the molecule is C=CS(=O)(=O)NC[C@H]1CCCN1S(=O)(=O)c1ccc(C(Cc2ccc(C(F)(F)F)cc2)C(=O)N2CCOCC2)cc1. The molecule has 2 aliphatic rings. The second-order valence-corrected chi connectivity index (χ2v) is 13.5. The van der Waals surface area contributed by atoms with Gasteiger partial charge in [0.15, 0.2) is 0 Å². The Labute approximate surface area is 238 Å². The van der Waals surface area contributed by atoms with E-state index in [0.717, 1.165) is 17.5 Å². The molecule has 14 heteroatoms. The zero-order valence-corrected chi connectivity index (χ0v) is 23.8. The molecular weight excluding hydrogens is 583 g/mol. The highest BCUT2D eigenvalue weighted by Crippen LogP contribution is 2.32. The predicted molar refractivity (Wildman–Crippen MR) is 146 cm³/mol. The summed E-state index contributed by atoms with van der Waals surface area (Å²) in [4.78, 5) is 15.2. The number of ether oxygens (including phenoxy) is 1. The summed E-state index contributed by atoms with van der Waals surface area (Å²) in [7, 11) is -7.68. The van der Waals surface area contributed by atoms with E-state index in [1.807, 2.05) is 0 Å². The second-order valence-electron chi connectivity index (χ2n) is 9.93. The van der Waals surface area contributed by atoms with Gasteiger partial charge in [-0.3, -0.25) is 4.79 Å². The van der Waals surface area contributed by atoms with Gasteiger partial charge in [0.1, 0.15) is 0 Å². The summed E-state index contributed by atoms with van der Waals surface area (Å²) in [6, 6.07) is 9.97. The van der Waals surface area contributed by atoms with Crippen molar-refractivity contribution in [2.24, 2.45) is 0 Å². The van der Waals surface area contributed by atoms with Crippen LogP contribution in [0.1, 0.15) is 35.4 Å². The van der Waals surface area contributed by atoms with Crippen molar-refractivity contribution in [3.8, 4) is 0 Å². The van der Waals surface area contributed by atoms with Gasteiger partial charge in [-0.15, -0.1) is 0 Å². The molecular formula is C27H32F3N3O6S2. The number of benzene rings is 2. The number of alkyl halides is 3. The fourth-order valence-corrected chi connectivity index (χ4v) is 7.26. The lowest BCUT2D eigenvalue weighted by Gasteiger charge is -2.31. The van der Waals surface area contributed by atoms with Crippen LogP contribution in [0.25, 0.3) is 0 Å². The molecule has 224 valence electrons. The normalized spacial score (nSPS) is 19.7. The number of carbonyl (C=O) groups is 1. The van der Waals surface area contributed by atoms with Gasteiger partial charge >= 0.3 is 6.18 Å². The zero-order valence-electron chi connectivity index (χ0n) is 22.2. The predicted octanol–water partition coefficient (Wildman–Crippen LogP) is 3.11. The molecule has 41 heavy (non-hydrogen) atoms. The van der Waals surface area contributed by atoms with E-state index in [4.69, 9.17) is 4.74 Å². The minimum atomic E-state index is -4.48. The lowest BCUT2D eigenvalue weighted by Crippen LogP contribution is -2.43. The Kier molecular flexibility index (Phi) is 9.59. The Morgan fingerprint density at radius 1 is 1.02 bits per heavy atom. The highest BCUT2D eigenvalue weighted by atomic mass is 32.2. The summed E-state index contributed by atoms with van der Waals surface area (Å²) in [5.74, 6) is -0.979. The van der Waals surface area contributed by atoms with Crippen molar-refractivity contribution < 1.29 is 39.5 Å². The third kappa shape index (κ3) is 7.55. The first kappa shape index (κ1) is 31.2. The summed E-state index contributed by atoms with van der Waals surface area (Å²) in [6.45, 7) is 4.87. The fraction of sp³-hybridized carbons (Fsp3) is 0.444. The number of carbonyl (C=O) groups excluding carboxylic acids is 1. The van der Waals surface area contributed by atoms with Gasteiger partial charge in [-0.05, 0) is 54.7 Å². The van der Waals surface area contributed by atoms with E-state index in [1.54, 1.807) is 17.0 Å². The van der Waals surface area contributed by atoms with Crippen molar-refractivity contribution in [1.82, 2.24) is 13.9 Å². The van der Waals surface area contributed by atoms with Crippen molar-refractivity contribution in [2.75, 3.05) is 39.4 Å². The van der Waals surface area contributed by atoms with Crippen LogP contribution < -0.4 is 4.72 Å². The molecule has 2 fully saturated rings. The monoisotopic (exact) mass is 615 g/mol. The molecule has 1 amide bonds. The Balaban J connectivity index is 1.57. The van der Waals surface area contributed by atoms with Crippen LogP contribution in [0.3, 0.4) is 0 Å². The lowest BCUT2D eigenvalue weighted by molar-refractivity contribution is -0.138. The van der Waals surface area contributed by atoms with Crippen LogP contribution in [0.15, 0.2) is 65.4 Å². The minimum Gasteiger partial charge on any atom is -0.378 e. The molecule has 1 unspecified atom stereocenters. The molecule has 0 spiro atoms. The van der Waals surface area contributed by atoms with Crippen molar-refractivity contribution >= 4 is 26.0 Å². The number of nitrogens with one attached hydrogen (secondary N) is 1. The van der Waals surface area contributed by atoms with E-state index < -0.39 is 43.7 Å². The van der Waals surface area contributed by atoms with Gasteiger partial charge in [0.25, 0.3) is 0 Å². The van der Waals surface area contributed by atoms with E-state index >= 15 is 0 Å². The molecule has 0 saturated carbocycles. The van der Waals surface area contributed by atoms with E-state index in [9.17, 15) is 34.8 Å². The molecule has 2 atom stereocenters. The van der Waals surface area contributed by atoms with Gasteiger partial charge in [0.05, 0.1) is 29.6 Å². The number of morpholine rings is 1. The maximum absolute atomic E-state index is 13.5. The second kappa shape index (κ2) is 12.6. The summed E-state index contributed by atoms with van der Waals surface area (Å²) >= 11 is 0. The Hall–Kier alpha value is -2.78. The maximum Gasteiger partial charge on any atom is 0.416 e. The average molecular weight is 616 g/mol. The molecule has 2 heterocycles. The average Bonchev–Trinajstić information content (AvgIpc) is 3.45. The number of nitrogens with zero attached hydrogens (tertiary/aromatic N) is 2. The molecule has 2 aromatic carbocycles. The summed E-state index contributed by atoms with van der Waals surface area (Å²) < 4.78 is 98.5. The molecule has 0 radical (unpaired) electrons. The van der Waals surface area contributed by atoms with Crippen molar-refractivity contribution in [2.45, 2.75) is 42.3 Å². The molecule has 2 saturated heterocycles. The lowest BCUT2D eigenvalue weighted by atomic mass is 9.90. The molecule has 0 bridgehead atoms. The maximum atomic E-state index is 13.5. The topological polar surface area (TPSA) is 113 Å². The first-order chi connectivity index (χ1) is 19.3. The highest BCUT2D eigenvalue weighted by molar-refractivity contribution is 7.92. The number of halogens is 3. The van der Waals surface area contributed by atoms with Gasteiger partial charge in [0, 0.05) is 37.6 Å².